The van der Waals surface area contributed by atoms with Crippen molar-refractivity contribution in [1.82, 2.24) is 4.90 Å². The third kappa shape index (κ3) is 3.92. The zero-order valence-electron chi connectivity index (χ0n) is 9.37. The van der Waals surface area contributed by atoms with Crippen molar-refractivity contribution in [3.63, 3.8) is 0 Å². The number of hydrogen-bond donors (Lipinski definition) is 2. The van der Waals surface area contributed by atoms with Crippen molar-refractivity contribution in [2.75, 3.05) is 19.6 Å². The molecule has 0 spiro atoms. The molecule has 3 atom stereocenters. The lowest BCUT2D eigenvalue weighted by Crippen LogP contribution is -2.47. The Morgan fingerprint density at radius 1 is 1.50 bits per heavy atom. The lowest BCUT2D eigenvalue weighted by molar-refractivity contribution is -0.209. The number of nitrogens with two attached hydrogens (primary N) is 1. The Hall–Kier alpha value is -0.330. The highest BCUT2D eigenvalue weighted by Gasteiger charge is 2.39. The van der Waals surface area contributed by atoms with Crippen molar-refractivity contribution in [2.24, 2.45) is 11.7 Å². The highest BCUT2D eigenvalue weighted by Crippen LogP contribution is 2.24. The molecule has 0 aromatic rings. The van der Waals surface area contributed by atoms with E-state index in [2.05, 4.69) is 0 Å². The number of likely N-dealkylation sites (tertiary alicyclic amines) is 1. The normalized spacial score (nSPS) is 27.8. The SMILES string of the molecule is CC(N)C1CCCN(CC(O)C(F)(F)F)C1. The van der Waals surface area contributed by atoms with E-state index in [1.165, 1.54) is 0 Å². The molecule has 1 aliphatic heterocycles. The molecule has 3 nitrogen and oxygen atoms in total. The van der Waals surface area contributed by atoms with Crippen LogP contribution in [0.3, 0.4) is 0 Å². The Bertz CT molecular complexity index is 221. The van der Waals surface area contributed by atoms with E-state index in [0.29, 0.717) is 13.1 Å². The summed E-state index contributed by atoms with van der Waals surface area (Å²) < 4.78 is 36.5. The smallest absolute Gasteiger partial charge is 0.382 e. The van der Waals surface area contributed by atoms with Crippen molar-refractivity contribution in [3.05, 3.63) is 0 Å². The van der Waals surface area contributed by atoms with Crippen LogP contribution in [0.2, 0.25) is 0 Å². The third-order valence-corrected chi connectivity index (χ3v) is 3.09. The van der Waals surface area contributed by atoms with E-state index < -0.39 is 12.3 Å². The van der Waals surface area contributed by atoms with Gasteiger partial charge in [-0.1, -0.05) is 0 Å². The molecule has 1 aliphatic rings. The number of hydrogen-bond acceptors (Lipinski definition) is 3. The second-order valence-corrected chi connectivity index (χ2v) is 4.58. The standard InChI is InChI=1S/C10H19F3N2O/c1-7(14)8-3-2-4-15(5-8)6-9(16)10(11,12)13/h7-9,16H,2-6,14H2,1H3. The second-order valence-electron chi connectivity index (χ2n) is 4.58. The number of halogens is 3. The Labute approximate surface area is 93.4 Å². The second kappa shape index (κ2) is 5.33. The van der Waals surface area contributed by atoms with Crippen LogP contribution in [0, 0.1) is 5.92 Å². The first-order chi connectivity index (χ1) is 7.30. The van der Waals surface area contributed by atoms with Gasteiger partial charge >= 0.3 is 6.18 Å². The molecule has 16 heavy (non-hydrogen) atoms. The van der Waals surface area contributed by atoms with Gasteiger partial charge in [-0.25, -0.2) is 0 Å². The maximum absolute atomic E-state index is 12.2. The van der Waals surface area contributed by atoms with Crippen molar-refractivity contribution >= 4 is 0 Å². The zero-order chi connectivity index (χ0) is 12.3. The summed E-state index contributed by atoms with van der Waals surface area (Å²) in [6, 6.07) is -0.00849. The maximum Gasteiger partial charge on any atom is 0.415 e. The van der Waals surface area contributed by atoms with Gasteiger partial charge in [0.05, 0.1) is 0 Å². The molecule has 0 aromatic carbocycles. The Morgan fingerprint density at radius 3 is 2.62 bits per heavy atom. The van der Waals surface area contributed by atoms with E-state index in [0.717, 1.165) is 12.8 Å². The molecule has 0 saturated carbocycles. The van der Waals surface area contributed by atoms with Crippen molar-refractivity contribution in [3.8, 4) is 0 Å². The molecule has 96 valence electrons. The lowest BCUT2D eigenvalue weighted by Gasteiger charge is -2.35. The fraction of sp³-hybridized carbons (Fsp3) is 1.00. The summed E-state index contributed by atoms with van der Waals surface area (Å²) in [6.45, 7) is 2.68. The van der Waals surface area contributed by atoms with Crippen molar-refractivity contribution < 1.29 is 18.3 Å². The van der Waals surface area contributed by atoms with Gasteiger partial charge in [0, 0.05) is 19.1 Å². The fourth-order valence-corrected chi connectivity index (χ4v) is 2.03. The molecular weight excluding hydrogens is 221 g/mol. The first kappa shape index (κ1) is 13.7. The van der Waals surface area contributed by atoms with Gasteiger partial charge in [0.2, 0.25) is 0 Å². The maximum atomic E-state index is 12.2. The third-order valence-electron chi connectivity index (χ3n) is 3.09. The summed E-state index contributed by atoms with van der Waals surface area (Å²) in [4.78, 5) is 1.65. The quantitative estimate of drug-likeness (QED) is 0.772. The summed E-state index contributed by atoms with van der Waals surface area (Å²) in [5, 5.41) is 8.96. The molecule has 1 saturated heterocycles. The van der Waals surface area contributed by atoms with Crippen LogP contribution in [0.15, 0.2) is 0 Å². The molecule has 1 rings (SSSR count). The van der Waals surface area contributed by atoms with Gasteiger partial charge in [0.25, 0.3) is 0 Å². The van der Waals surface area contributed by atoms with E-state index in [9.17, 15) is 13.2 Å². The Morgan fingerprint density at radius 2 is 2.12 bits per heavy atom. The molecule has 3 unspecified atom stereocenters. The summed E-state index contributed by atoms with van der Waals surface area (Å²) >= 11 is 0. The Kier molecular flexibility index (Phi) is 4.58. The number of aliphatic hydroxyl groups excluding tert-OH is 1. The van der Waals surface area contributed by atoms with Gasteiger partial charge in [0.15, 0.2) is 6.10 Å². The predicted molar refractivity (Wildman–Crippen MR) is 54.9 cm³/mol. The lowest BCUT2D eigenvalue weighted by atomic mass is 9.92. The highest BCUT2D eigenvalue weighted by atomic mass is 19.4. The van der Waals surface area contributed by atoms with E-state index in [-0.39, 0.29) is 18.5 Å². The molecule has 0 radical (unpaired) electrons. The van der Waals surface area contributed by atoms with Crippen molar-refractivity contribution in [2.45, 2.75) is 38.1 Å². The average Bonchev–Trinajstić information content (AvgIpc) is 2.16. The van der Waals surface area contributed by atoms with Gasteiger partial charge in [0.1, 0.15) is 0 Å². The minimum absolute atomic E-state index is 0.00849. The van der Waals surface area contributed by atoms with Gasteiger partial charge in [-0.15, -0.1) is 0 Å². The molecule has 0 aromatic heterocycles. The number of alkyl halides is 3. The minimum atomic E-state index is -4.53. The number of piperidine rings is 1. The van der Waals surface area contributed by atoms with E-state index in [4.69, 9.17) is 10.8 Å². The van der Waals surface area contributed by atoms with Crippen LogP contribution in [0.4, 0.5) is 13.2 Å². The number of aliphatic hydroxyl groups is 1. The minimum Gasteiger partial charge on any atom is -0.382 e. The molecule has 0 bridgehead atoms. The van der Waals surface area contributed by atoms with Crippen LogP contribution >= 0.6 is 0 Å². The molecule has 1 heterocycles. The monoisotopic (exact) mass is 240 g/mol. The molecule has 6 heteroatoms. The van der Waals surface area contributed by atoms with Crippen LogP contribution in [-0.2, 0) is 0 Å². The van der Waals surface area contributed by atoms with Crippen LogP contribution in [0.25, 0.3) is 0 Å². The Balaban J connectivity index is 2.43. The van der Waals surface area contributed by atoms with Crippen LogP contribution in [0.1, 0.15) is 19.8 Å². The molecular formula is C10H19F3N2O. The van der Waals surface area contributed by atoms with E-state index >= 15 is 0 Å². The molecule has 1 fully saturated rings. The number of nitrogens with zero attached hydrogens (tertiary/aromatic N) is 1. The summed E-state index contributed by atoms with van der Waals surface area (Å²) in [5.74, 6) is 0.231. The largest absolute Gasteiger partial charge is 0.415 e. The van der Waals surface area contributed by atoms with E-state index in [1.54, 1.807) is 4.90 Å². The van der Waals surface area contributed by atoms with Gasteiger partial charge < -0.3 is 15.7 Å². The molecule has 3 N–H and O–H groups in total. The van der Waals surface area contributed by atoms with Gasteiger partial charge in [-0.05, 0) is 32.2 Å². The summed E-state index contributed by atoms with van der Waals surface area (Å²) in [7, 11) is 0. The van der Waals surface area contributed by atoms with Gasteiger partial charge in [-0.2, -0.15) is 13.2 Å². The van der Waals surface area contributed by atoms with Crippen LogP contribution in [-0.4, -0.2) is 48.0 Å². The first-order valence-electron chi connectivity index (χ1n) is 5.53. The van der Waals surface area contributed by atoms with Crippen LogP contribution in [0.5, 0.6) is 0 Å². The van der Waals surface area contributed by atoms with E-state index in [1.807, 2.05) is 6.92 Å². The molecule has 0 aliphatic carbocycles. The zero-order valence-corrected chi connectivity index (χ0v) is 9.37. The number of β-amino-alcohol motifs (C(OH)–C–C–N with tert-alkyl or cyclic N) is 1. The summed E-state index contributed by atoms with van der Waals surface area (Å²) in [5.41, 5.74) is 5.73. The van der Waals surface area contributed by atoms with Crippen molar-refractivity contribution in [1.29, 1.82) is 0 Å². The number of rotatable bonds is 3. The first-order valence-corrected chi connectivity index (χ1v) is 5.53. The van der Waals surface area contributed by atoms with Gasteiger partial charge in [-0.3, -0.25) is 0 Å². The predicted octanol–water partition coefficient (Wildman–Crippen LogP) is 0.969. The van der Waals surface area contributed by atoms with Crippen LogP contribution < -0.4 is 5.73 Å². The molecule has 0 amide bonds. The fourth-order valence-electron chi connectivity index (χ4n) is 2.03. The average molecular weight is 240 g/mol. The topological polar surface area (TPSA) is 49.5 Å². The summed E-state index contributed by atoms with van der Waals surface area (Å²) in [6.07, 6.45) is -4.98. The highest BCUT2D eigenvalue weighted by molar-refractivity contribution is 4.81.